The minimum Gasteiger partial charge on any atom is -0.480 e. The van der Waals surface area contributed by atoms with Crippen LogP contribution in [0, 0.1) is 0 Å². The molecular weight excluding hydrogens is 218 g/mol. The van der Waals surface area contributed by atoms with Gasteiger partial charge >= 0.3 is 5.97 Å². The van der Waals surface area contributed by atoms with Crippen molar-refractivity contribution in [3.63, 3.8) is 0 Å². The van der Waals surface area contributed by atoms with Crippen molar-refractivity contribution >= 4 is 23.4 Å². The molecule has 0 saturated heterocycles. The highest BCUT2D eigenvalue weighted by molar-refractivity contribution is 7.08. The number of aromatic nitrogens is 2. The lowest BCUT2D eigenvalue weighted by molar-refractivity contribution is -0.138. The summed E-state index contributed by atoms with van der Waals surface area (Å²) >= 11 is 0.970. The van der Waals surface area contributed by atoms with Gasteiger partial charge in [-0.15, -0.1) is 5.10 Å². The van der Waals surface area contributed by atoms with E-state index in [1.807, 2.05) is 6.92 Å². The van der Waals surface area contributed by atoms with Gasteiger partial charge in [0.25, 0.3) is 5.91 Å². The number of hydrogen-bond acceptors (Lipinski definition) is 5. The van der Waals surface area contributed by atoms with Gasteiger partial charge in [0.2, 0.25) is 0 Å². The van der Waals surface area contributed by atoms with Crippen LogP contribution in [0.4, 0.5) is 0 Å². The summed E-state index contributed by atoms with van der Waals surface area (Å²) in [5.74, 6) is -1.50. The fraction of sp³-hybridized carbons (Fsp3) is 0.500. The Kier molecular flexibility index (Phi) is 3.73. The van der Waals surface area contributed by atoms with Gasteiger partial charge in [0, 0.05) is 0 Å². The van der Waals surface area contributed by atoms with Crippen LogP contribution in [0.2, 0.25) is 0 Å². The van der Waals surface area contributed by atoms with Crippen molar-refractivity contribution in [3.8, 4) is 0 Å². The number of rotatable bonds is 4. The molecule has 15 heavy (non-hydrogen) atoms. The van der Waals surface area contributed by atoms with Crippen LogP contribution in [0.15, 0.2) is 0 Å². The molecule has 1 unspecified atom stereocenters. The van der Waals surface area contributed by atoms with E-state index in [-0.39, 0.29) is 0 Å². The molecule has 0 spiro atoms. The fourth-order valence-electron chi connectivity index (χ4n) is 0.936. The van der Waals surface area contributed by atoms with Gasteiger partial charge < -0.3 is 10.4 Å². The second-order valence-electron chi connectivity index (χ2n) is 2.94. The van der Waals surface area contributed by atoms with Crippen LogP contribution in [-0.2, 0) is 11.2 Å². The Morgan fingerprint density at radius 3 is 2.80 bits per heavy atom. The highest BCUT2D eigenvalue weighted by Crippen LogP contribution is 2.10. The molecule has 1 atom stereocenters. The Hall–Kier alpha value is -1.50. The average molecular weight is 229 g/mol. The van der Waals surface area contributed by atoms with Crippen LogP contribution in [0.3, 0.4) is 0 Å². The SMILES string of the molecule is CCc1nnsc1C(=O)NC(C)C(=O)O. The Bertz CT molecular complexity index is 377. The molecule has 0 saturated carbocycles. The van der Waals surface area contributed by atoms with E-state index < -0.39 is 17.9 Å². The number of carbonyl (C=O) groups is 2. The van der Waals surface area contributed by atoms with Crippen LogP contribution < -0.4 is 5.32 Å². The van der Waals surface area contributed by atoms with Gasteiger partial charge in [-0.05, 0) is 24.9 Å². The highest BCUT2D eigenvalue weighted by atomic mass is 32.1. The first-order valence-electron chi connectivity index (χ1n) is 4.41. The first kappa shape index (κ1) is 11.6. The minimum atomic E-state index is -1.07. The molecule has 0 aromatic carbocycles. The molecular formula is C8H11N3O3S. The monoisotopic (exact) mass is 229 g/mol. The largest absolute Gasteiger partial charge is 0.480 e. The Morgan fingerprint density at radius 1 is 1.60 bits per heavy atom. The van der Waals surface area contributed by atoms with E-state index in [1.165, 1.54) is 6.92 Å². The molecule has 1 amide bonds. The van der Waals surface area contributed by atoms with E-state index in [4.69, 9.17) is 5.11 Å². The van der Waals surface area contributed by atoms with E-state index in [2.05, 4.69) is 14.9 Å². The van der Waals surface area contributed by atoms with Crippen molar-refractivity contribution in [2.45, 2.75) is 26.3 Å². The molecule has 0 fully saturated rings. The van der Waals surface area contributed by atoms with Crippen LogP contribution in [0.5, 0.6) is 0 Å². The summed E-state index contributed by atoms with van der Waals surface area (Å²) in [5, 5.41) is 14.7. The molecule has 1 aromatic heterocycles. The van der Waals surface area contributed by atoms with Gasteiger partial charge in [0.05, 0.1) is 5.69 Å². The summed E-state index contributed by atoms with van der Waals surface area (Å²) in [7, 11) is 0. The number of nitrogens with zero attached hydrogens (tertiary/aromatic N) is 2. The van der Waals surface area contributed by atoms with Crippen molar-refractivity contribution < 1.29 is 14.7 Å². The first-order chi connectivity index (χ1) is 7.06. The van der Waals surface area contributed by atoms with E-state index in [9.17, 15) is 9.59 Å². The summed E-state index contributed by atoms with van der Waals surface area (Å²) in [5.41, 5.74) is 0.593. The lowest BCUT2D eigenvalue weighted by Gasteiger charge is -2.07. The molecule has 2 N–H and O–H groups in total. The van der Waals surface area contributed by atoms with Crippen molar-refractivity contribution in [1.82, 2.24) is 14.9 Å². The summed E-state index contributed by atoms with van der Waals surface area (Å²) in [6, 6.07) is -0.913. The van der Waals surface area contributed by atoms with Crippen LogP contribution in [-0.4, -0.2) is 32.6 Å². The predicted octanol–water partition coefficient (Wildman–Crippen LogP) is 0.303. The molecule has 6 nitrogen and oxygen atoms in total. The van der Waals surface area contributed by atoms with E-state index in [1.54, 1.807) is 0 Å². The third-order valence-corrected chi connectivity index (χ3v) is 2.58. The van der Waals surface area contributed by atoms with E-state index in [0.717, 1.165) is 11.5 Å². The van der Waals surface area contributed by atoms with Crippen LogP contribution in [0.1, 0.15) is 29.2 Å². The third kappa shape index (κ3) is 2.72. The summed E-state index contributed by atoms with van der Waals surface area (Å²) in [6.45, 7) is 3.26. The van der Waals surface area contributed by atoms with Crippen molar-refractivity contribution in [3.05, 3.63) is 10.6 Å². The number of aliphatic carboxylic acids is 1. The number of carboxylic acid groups (broad SMARTS) is 1. The maximum Gasteiger partial charge on any atom is 0.325 e. The summed E-state index contributed by atoms with van der Waals surface area (Å²) in [4.78, 5) is 22.5. The van der Waals surface area contributed by atoms with Gasteiger partial charge in [-0.3, -0.25) is 9.59 Å². The Morgan fingerprint density at radius 2 is 2.27 bits per heavy atom. The molecule has 1 rings (SSSR count). The Labute approximate surface area is 90.5 Å². The molecule has 0 aliphatic heterocycles. The van der Waals surface area contributed by atoms with Gasteiger partial charge in [0.15, 0.2) is 0 Å². The highest BCUT2D eigenvalue weighted by Gasteiger charge is 2.19. The maximum atomic E-state index is 11.6. The van der Waals surface area contributed by atoms with Crippen molar-refractivity contribution in [2.24, 2.45) is 0 Å². The van der Waals surface area contributed by atoms with Crippen LogP contribution in [0.25, 0.3) is 0 Å². The molecule has 0 radical (unpaired) electrons. The van der Waals surface area contributed by atoms with E-state index >= 15 is 0 Å². The van der Waals surface area contributed by atoms with Gasteiger partial charge in [-0.1, -0.05) is 11.4 Å². The molecule has 0 aliphatic rings. The molecule has 1 aromatic rings. The molecule has 1 heterocycles. The number of nitrogens with one attached hydrogen (secondary N) is 1. The van der Waals surface area contributed by atoms with Crippen LogP contribution >= 0.6 is 11.5 Å². The van der Waals surface area contributed by atoms with Gasteiger partial charge in [0.1, 0.15) is 10.9 Å². The third-order valence-electron chi connectivity index (χ3n) is 1.81. The maximum absolute atomic E-state index is 11.6. The van der Waals surface area contributed by atoms with Crippen molar-refractivity contribution in [1.29, 1.82) is 0 Å². The lowest BCUT2D eigenvalue weighted by Crippen LogP contribution is -2.38. The number of amides is 1. The zero-order valence-corrected chi connectivity index (χ0v) is 9.17. The topological polar surface area (TPSA) is 92.2 Å². The smallest absolute Gasteiger partial charge is 0.325 e. The normalized spacial score (nSPS) is 12.1. The summed E-state index contributed by atoms with van der Waals surface area (Å²) < 4.78 is 3.65. The molecule has 0 bridgehead atoms. The predicted molar refractivity (Wildman–Crippen MR) is 53.9 cm³/mol. The average Bonchev–Trinajstić information content (AvgIpc) is 2.64. The molecule has 0 aliphatic carbocycles. The lowest BCUT2D eigenvalue weighted by atomic mass is 10.2. The standard InChI is InChI=1S/C8H11N3O3S/c1-3-5-6(15-11-10-5)7(12)9-4(2)8(13)14/h4H,3H2,1-2H3,(H,9,12)(H,13,14). The quantitative estimate of drug-likeness (QED) is 0.774. The number of carboxylic acids is 1. The van der Waals surface area contributed by atoms with Gasteiger partial charge in [-0.25, -0.2) is 0 Å². The second-order valence-corrected chi connectivity index (χ2v) is 3.69. The first-order valence-corrected chi connectivity index (χ1v) is 5.18. The second kappa shape index (κ2) is 4.83. The van der Waals surface area contributed by atoms with E-state index in [0.29, 0.717) is 17.0 Å². The minimum absolute atomic E-state index is 0.380. The zero-order chi connectivity index (χ0) is 11.4. The summed E-state index contributed by atoms with van der Waals surface area (Å²) in [6.07, 6.45) is 0.598. The van der Waals surface area contributed by atoms with Gasteiger partial charge in [-0.2, -0.15) is 0 Å². The molecule has 7 heteroatoms. The molecule has 82 valence electrons. The number of aryl methyl sites for hydroxylation is 1. The zero-order valence-electron chi connectivity index (χ0n) is 8.35. The Balaban J connectivity index is 2.73. The van der Waals surface area contributed by atoms with Crippen molar-refractivity contribution in [2.75, 3.05) is 0 Å². The number of carbonyl (C=O) groups excluding carboxylic acids is 1. The fourth-order valence-corrected chi connectivity index (χ4v) is 1.59. The number of hydrogen-bond donors (Lipinski definition) is 2.